The van der Waals surface area contributed by atoms with Gasteiger partial charge < -0.3 is 15.5 Å². The van der Waals surface area contributed by atoms with Crippen LogP contribution in [0.5, 0.6) is 0 Å². The number of hydrogen-bond acceptors (Lipinski definition) is 6. The van der Waals surface area contributed by atoms with Gasteiger partial charge in [0.25, 0.3) is 5.91 Å². The molecule has 0 saturated carbocycles. The Morgan fingerprint density at radius 3 is 2.51 bits per heavy atom. The van der Waals surface area contributed by atoms with Crippen LogP contribution in [0.3, 0.4) is 0 Å². The molecule has 11 nitrogen and oxygen atoms in total. The van der Waals surface area contributed by atoms with Crippen molar-refractivity contribution in [1.82, 2.24) is 39.7 Å². The molecule has 1 aromatic carbocycles. The number of amides is 3. The third-order valence-electron chi connectivity index (χ3n) is 7.52. The van der Waals surface area contributed by atoms with Crippen molar-refractivity contribution in [2.45, 2.75) is 65.6 Å². The Balaban J connectivity index is 1.50. The molecular formula is C31H37FN8O3. The first kappa shape index (κ1) is 29.9. The van der Waals surface area contributed by atoms with Crippen LogP contribution in [-0.4, -0.2) is 65.9 Å². The number of hydrogen-bond donors (Lipinski definition) is 2. The van der Waals surface area contributed by atoms with E-state index in [0.29, 0.717) is 35.8 Å². The Bertz CT molecular complexity index is 1630. The Morgan fingerprint density at radius 1 is 1.02 bits per heavy atom. The van der Waals surface area contributed by atoms with Crippen LogP contribution >= 0.6 is 0 Å². The summed E-state index contributed by atoms with van der Waals surface area (Å²) in [5.41, 5.74) is 1.49. The van der Waals surface area contributed by atoms with E-state index in [1.165, 1.54) is 9.30 Å². The largest absolute Gasteiger partial charge is 0.345 e. The zero-order chi connectivity index (χ0) is 30.7. The van der Waals surface area contributed by atoms with E-state index >= 15 is 4.39 Å². The summed E-state index contributed by atoms with van der Waals surface area (Å²) >= 11 is 0. The molecule has 5 rings (SSSR count). The summed E-state index contributed by atoms with van der Waals surface area (Å²) in [6.07, 6.45) is 0.877. The van der Waals surface area contributed by atoms with Crippen LogP contribution in [0.25, 0.3) is 17.0 Å². The molecule has 0 radical (unpaired) electrons. The van der Waals surface area contributed by atoms with Crippen molar-refractivity contribution in [2.75, 3.05) is 13.1 Å². The average molecular weight is 589 g/mol. The van der Waals surface area contributed by atoms with E-state index in [1.807, 2.05) is 51.1 Å². The molecule has 0 spiro atoms. The highest BCUT2D eigenvalue weighted by Gasteiger charge is 2.29. The van der Waals surface area contributed by atoms with Gasteiger partial charge in [-0.05, 0) is 44.7 Å². The van der Waals surface area contributed by atoms with Gasteiger partial charge in [-0.3, -0.25) is 18.8 Å². The second-order valence-corrected chi connectivity index (χ2v) is 11.4. The molecule has 0 bridgehead atoms. The highest BCUT2D eigenvalue weighted by molar-refractivity contribution is 5.93. The molecule has 0 aliphatic carbocycles. The molecule has 2 atom stereocenters. The summed E-state index contributed by atoms with van der Waals surface area (Å²) in [5.74, 6) is -0.740. The fourth-order valence-corrected chi connectivity index (χ4v) is 5.36. The molecular weight excluding hydrogens is 551 g/mol. The van der Waals surface area contributed by atoms with Gasteiger partial charge in [-0.15, -0.1) is 0 Å². The van der Waals surface area contributed by atoms with Gasteiger partial charge in [0, 0.05) is 30.8 Å². The zero-order valence-corrected chi connectivity index (χ0v) is 24.9. The van der Waals surface area contributed by atoms with E-state index < -0.39 is 23.9 Å². The molecule has 0 unspecified atom stereocenters. The summed E-state index contributed by atoms with van der Waals surface area (Å²) in [5, 5.41) is 10.6. The Morgan fingerprint density at radius 2 is 1.79 bits per heavy atom. The third kappa shape index (κ3) is 6.58. The van der Waals surface area contributed by atoms with E-state index in [2.05, 4.69) is 15.6 Å². The molecule has 12 heteroatoms. The summed E-state index contributed by atoms with van der Waals surface area (Å²) in [6, 6.07) is 13.4. The number of aryl methyl sites for hydroxylation is 1. The standard InChI is InChI=1S/C31H37FN8O3/c1-19(2)18-23-30(42)33-21(4)29-36-28(22-11-6-5-7-12-22)37-39(29)17-16-38(15-9-14-25(41)34-23)31(43)26-27(32)40-20(3)10-8-13-24(40)35-26/h5-8,10-13,19,21,23H,9,14-18H2,1-4H3,(H,33,42)(H,34,41)/t21-,23-/m1/s1. The number of nitrogens with zero attached hydrogens (tertiary/aromatic N) is 6. The van der Waals surface area contributed by atoms with E-state index in [-0.39, 0.29) is 49.5 Å². The number of rotatable bonds is 4. The SMILES string of the molecule is Cc1cccc2nc(C(=O)N3CCCC(=O)N[C@H](CC(C)C)C(=O)N[C@H](C)c4nc(-c5ccccc5)nn4CC3)c(F)n12. The summed E-state index contributed by atoms with van der Waals surface area (Å²) in [4.78, 5) is 50.5. The van der Waals surface area contributed by atoms with Crippen molar-refractivity contribution in [2.24, 2.45) is 5.92 Å². The van der Waals surface area contributed by atoms with E-state index in [4.69, 9.17) is 10.1 Å². The normalized spacial score (nSPS) is 18.7. The molecule has 3 amide bonds. The molecule has 0 saturated heterocycles. The number of aromatic nitrogens is 5. The Hall–Kier alpha value is -4.61. The lowest BCUT2D eigenvalue weighted by Crippen LogP contribution is -2.48. The van der Waals surface area contributed by atoms with Crippen LogP contribution in [0.4, 0.5) is 4.39 Å². The fraction of sp³-hybridized carbons (Fsp3) is 0.419. The average Bonchev–Trinajstić information content (AvgIpc) is 3.56. The lowest BCUT2D eigenvalue weighted by atomic mass is 10.0. The molecule has 1 aliphatic heterocycles. The highest BCUT2D eigenvalue weighted by Crippen LogP contribution is 2.21. The second-order valence-electron chi connectivity index (χ2n) is 11.4. The molecule has 0 fully saturated rings. The van der Waals surface area contributed by atoms with Gasteiger partial charge in [-0.1, -0.05) is 50.2 Å². The Labute approximate surface area is 249 Å². The maximum absolute atomic E-state index is 15.5. The van der Waals surface area contributed by atoms with Crippen molar-refractivity contribution in [1.29, 1.82) is 0 Å². The number of nitrogens with one attached hydrogen (secondary N) is 2. The monoisotopic (exact) mass is 588 g/mol. The minimum absolute atomic E-state index is 0.0979. The highest BCUT2D eigenvalue weighted by atomic mass is 19.1. The maximum atomic E-state index is 15.5. The second kappa shape index (κ2) is 12.7. The smallest absolute Gasteiger partial charge is 0.277 e. The van der Waals surface area contributed by atoms with E-state index in [1.54, 1.807) is 29.8 Å². The molecule has 4 aromatic rings. The van der Waals surface area contributed by atoms with Crippen LogP contribution in [-0.2, 0) is 16.1 Å². The minimum Gasteiger partial charge on any atom is -0.345 e. The van der Waals surface area contributed by atoms with Gasteiger partial charge in [0.1, 0.15) is 17.5 Å². The van der Waals surface area contributed by atoms with Crippen molar-refractivity contribution in [3.05, 3.63) is 71.7 Å². The lowest BCUT2D eigenvalue weighted by Gasteiger charge is -2.25. The predicted molar refractivity (Wildman–Crippen MR) is 158 cm³/mol. The molecule has 1 aliphatic rings. The minimum atomic E-state index is -0.726. The van der Waals surface area contributed by atoms with Crippen LogP contribution in [0, 0.1) is 18.8 Å². The van der Waals surface area contributed by atoms with Gasteiger partial charge in [0.15, 0.2) is 11.5 Å². The van der Waals surface area contributed by atoms with Crippen LogP contribution in [0.2, 0.25) is 0 Å². The number of fused-ring (bicyclic) bond motifs is 2. The lowest BCUT2D eigenvalue weighted by molar-refractivity contribution is -0.129. The molecule has 226 valence electrons. The summed E-state index contributed by atoms with van der Waals surface area (Å²) in [6.45, 7) is 8.11. The quantitative estimate of drug-likeness (QED) is 0.375. The number of carbonyl (C=O) groups is 3. The van der Waals surface area contributed by atoms with Gasteiger partial charge in [-0.2, -0.15) is 9.49 Å². The number of imidazole rings is 1. The van der Waals surface area contributed by atoms with E-state index in [9.17, 15) is 14.4 Å². The van der Waals surface area contributed by atoms with Gasteiger partial charge in [0.2, 0.25) is 17.8 Å². The van der Waals surface area contributed by atoms with Gasteiger partial charge in [0.05, 0.1) is 12.6 Å². The number of pyridine rings is 1. The van der Waals surface area contributed by atoms with Gasteiger partial charge >= 0.3 is 0 Å². The van der Waals surface area contributed by atoms with Crippen molar-refractivity contribution < 1.29 is 18.8 Å². The molecule has 2 N–H and O–H groups in total. The first-order chi connectivity index (χ1) is 20.6. The molecule has 43 heavy (non-hydrogen) atoms. The zero-order valence-electron chi connectivity index (χ0n) is 24.9. The maximum Gasteiger partial charge on any atom is 0.277 e. The molecule has 3 aromatic heterocycles. The van der Waals surface area contributed by atoms with Crippen molar-refractivity contribution >= 4 is 23.4 Å². The number of benzene rings is 1. The number of carbonyl (C=O) groups excluding carboxylic acids is 3. The first-order valence-electron chi connectivity index (χ1n) is 14.6. The third-order valence-corrected chi connectivity index (χ3v) is 7.52. The summed E-state index contributed by atoms with van der Waals surface area (Å²) < 4.78 is 18.5. The van der Waals surface area contributed by atoms with Crippen LogP contribution in [0.15, 0.2) is 48.5 Å². The van der Waals surface area contributed by atoms with Crippen LogP contribution in [0.1, 0.15) is 68.1 Å². The predicted octanol–water partition coefficient (Wildman–Crippen LogP) is 3.68. The van der Waals surface area contributed by atoms with Crippen LogP contribution < -0.4 is 10.6 Å². The summed E-state index contributed by atoms with van der Waals surface area (Å²) in [7, 11) is 0. The van der Waals surface area contributed by atoms with Crippen molar-refractivity contribution in [3.63, 3.8) is 0 Å². The number of halogens is 1. The topological polar surface area (TPSA) is 127 Å². The van der Waals surface area contributed by atoms with Crippen molar-refractivity contribution in [3.8, 4) is 11.4 Å². The van der Waals surface area contributed by atoms with Gasteiger partial charge in [-0.25, -0.2) is 14.6 Å². The first-order valence-corrected chi connectivity index (χ1v) is 14.6. The Kier molecular flexibility index (Phi) is 8.84. The van der Waals surface area contributed by atoms with E-state index in [0.717, 1.165) is 5.56 Å². The molecule has 4 heterocycles. The fourth-order valence-electron chi connectivity index (χ4n) is 5.36.